The van der Waals surface area contributed by atoms with Gasteiger partial charge in [-0.25, -0.2) is 0 Å². The van der Waals surface area contributed by atoms with Gasteiger partial charge in [-0.05, 0) is 18.6 Å². The highest BCUT2D eigenvalue weighted by molar-refractivity contribution is 6.35. The van der Waals surface area contributed by atoms with Crippen LogP contribution in [-0.4, -0.2) is 17.4 Å². The molecule has 2 aliphatic heterocycles. The molecule has 1 atom stereocenters. The molecule has 1 unspecified atom stereocenters. The third kappa shape index (κ3) is 2.62. The number of hydrogen-bond donors (Lipinski definition) is 2. The molecule has 24 heavy (non-hydrogen) atoms. The number of aromatic hydroxyl groups is 1. The molecule has 3 N–H and O–H groups in total. The molecule has 2 heterocycles. The lowest BCUT2D eigenvalue weighted by Crippen LogP contribution is -2.23. The molecular weight excluding hydrogens is 349 g/mol. The van der Waals surface area contributed by atoms with E-state index in [1.807, 2.05) is 6.92 Å². The number of nitrogens with two attached hydrogens (primary N) is 1. The number of hydrogen-bond acceptors (Lipinski definition) is 5. The van der Waals surface area contributed by atoms with Crippen molar-refractivity contribution in [2.24, 2.45) is 10.7 Å². The summed E-state index contributed by atoms with van der Waals surface area (Å²) in [6.07, 6.45) is 1.64. The second-order valence-electron chi connectivity index (χ2n) is 5.60. The van der Waals surface area contributed by atoms with E-state index in [4.69, 9.17) is 33.7 Å². The molecule has 0 amide bonds. The summed E-state index contributed by atoms with van der Waals surface area (Å²) in [5.41, 5.74) is 8.19. The normalized spacial score (nSPS) is 19.8. The van der Waals surface area contributed by atoms with Gasteiger partial charge in [0.05, 0.1) is 17.5 Å². The Balaban J connectivity index is 2.23. The predicted octanol–water partition coefficient (Wildman–Crippen LogP) is 4.02. The molecule has 0 aliphatic carbocycles. The van der Waals surface area contributed by atoms with Gasteiger partial charge in [0.2, 0.25) is 5.88 Å². The second-order valence-corrected chi connectivity index (χ2v) is 6.44. The fourth-order valence-electron chi connectivity index (χ4n) is 3.07. The topological polar surface area (TPSA) is 91.6 Å². The van der Waals surface area contributed by atoms with Crippen molar-refractivity contribution >= 4 is 28.9 Å². The van der Waals surface area contributed by atoms with Crippen molar-refractivity contribution in [3.05, 3.63) is 50.5 Å². The standard InChI is InChI=1S/C17H15Cl2N3O2/c1-2-3-12-15-13(7-22-12)24-17(21)10(6-20)14(15)9-4-8(18)5-11(19)16(9)23/h4-5,14,23H,2-3,7,21H2,1H3. The van der Waals surface area contributed by atoms with Crippen LogP contribution in [0.15, 0.2) is 39.9 Å². The van der Waals surface area contributed by atoms with E-state index in [1.54, 1.807) is 6.07 Å². The minimum Gasteiger partial charge on any atom is -0.506 e. The number of allylic oxidation sites excluding steroid dienone is 2. The molecule has 2 aliphatic rings. The Kier molecular flexibility index (Phi) is 4.44. The van der Waals surface area contributed by atoms with Crippen LogP contribution in [0.4, 0.5) is 0 Å². The molecule has 1 aromatic rings. The van der Waals surface area contributed by atoms with Crippen LogP contribution in [0, 0.1) is 11.3 Å². The number of halogens is 2. The highest BCUT2D eigenvalue weighted by Crippen LogP contribution is 2.47. The largest absolute Gasteiger partial charge is 0.506 e. The first kappa shape index (κ1) is 16.7. The number of phenolic OH excluding ortho intramolecular Hbond substituents is 1. The van der Waals surface area contributed by atoms with E-state index in [-0.39, 0.29) is 22.2 Å². The molecule has 0 fully saturated rings. The van der Waals surface area contributed by atoms with Gasteiger partial charge in [-0.2, -0.15) is 5.26 Å². The van der Waals surface area contributed by atoms with Crippen LogP contribution in [0.5, 0.6) is 5.75 Å². The zero-order valence-corrected chi connectivity index (χ0v) is 14.4. The number of aliphatic imine (C=N–C) groups is 1. The number of phenols is 1. The van der Waals surface area contributed by atoms with Crippen LogP contribution >= 0.6 is 23.2 Å². The maximum Gasteiger partial charge on any atom is 0.205 e. The highest BCUT2D eigenvalue weighted by atomic mass is 35.5. The van der Waals surface area contributed by atoms with Crippen molar-refractivity contribution in [2.75, 3.05) is 6.54 Å². The third-order valence-corrected chi connectivity index (χ3v) is 4.58. The van der Waals surface area contributed by atoms with Gasteiger partial charge in [0.25, 0.3) is 0 Å². The van der Waals surface area contributed by atoms with Crippen LogP contribution in [0.2, 0.25) is 10.0 Å². The Bertz CT molecular complexity index is 850. The quantitative estimate of drug-likeness (QED) is 0.848. The molecule has 0 aromatic heterocycles. The predicted molar refractivity (Wildman–Crippen MR) is 93.0 cm³/mol. The highest BCUT2D eigenvalue weighted by Gasteiger charge is 2.39. The smallest absolute Gasteiger partial charge is 0.205 e. The maximum absolute atomic E-state index is 10.4. The molecule has 3 rings (SSSR count). The van der Waals surface area contributed by atoms with Crippen LogP contribution in [0.3, 0.4) is 0 Å². The van der Waals surface area contributed by atoms with Crippen molar-refractivity contribution in [2.45, 2.75) is 25.7 Å². The van der Waals surface area contributed by atoms with Crippen LogP contribution in [0.1, 0.15) is 31.2 Å². The zero-order valence-electron chi connectivity index (χ0n) is 12.9. The van der Waals surface area contributed by atoms with Crippen LogP contribution in [-0.2, 0) is 4.74 Å². The average Bonchev–Trinajstić information content (AvgIpc) is 2.92. The molecule has 0 radical (unpaired) electrons. The lowest BCUT2D eigenvalue weighted by molar-refractivity contribution is 0.280. The SMILES string of the molecule is CCCC1=NCC2=C1C(c1cc(Cl)cc(Cl)c1O)C(C#N)=C(N)O2. The molecule has 0 bridgehead atoms. The molecule has 5 nitrogen and oxygen atoms in total. The van der Waals surface area contributed by atoms with Crippen molar-refractivity contribution in [1.82, 2.24) is 0 Å². The fourth-order valence-corrected chi connectivity index (χ4v) is 3.58. The van der Waals surface area contributed by atoms with E-state index >= 15 is 0 Å². The molecule has 0 saturated heterocycles. The molecule has 0 spiro atoms. The molecule has 124 valence electrons. The fraction of sp³-hybridized carbons (Fsp3) is 0.294. The summed E-state index contributed by atoms with van der Waals surface area (Å²) < 4.78 is 5.59. The van der Waals surface area contributed by atoms with Crippen molar-refractivity contribution in [3.63, 3.8) is 0 Å². The number of rotatable bonds is 3. The van der Waals surface area contributed by atoms with Gasteiger partial charge < -0.3 is 15.6 Å². The van der Waals surface area contributed by atoms with E-state index < -0.39 is 5.92 Å². The third-order valence-electron chi connectivity index (χ3n) is 4.08. The van der Waals surface area contributed by atoms with Gasteiger partial charge >= 0.3 is 0 Å². The Morgan fingerprint density at radius 2 is 2.21 bits per heavy atom. The monoisotopic (exact) mass is 363 g/mol. The summed E-state index contributed by atoms with van der Waals surface area (Å²) in [6, 6.07) is 5.13. The molecule has 0 saturated carbocycles. The van der Waals surface area contributed by atoms with Gasteiger partial charge in [0.1, 0.15) is 23.2 Å². The first-order valence-corrected chi connectivity index (χ1v) is 8.25. The number of ether oxygens (including phenoxy) is 1. The summed E-state index contributed by atoms with van der Waals surface area (Å²) in [5, 5.41) is 20.5. The second kappa shape index (κ2) is 6.39. The van der Waals surface area contributed by atoms with Crippen LogP contribution in [0.25, 0.3) is 0 Å². The summed E-state index contributed by atoms with van der Waals surface area (Å²) >= 11 is 12.2. The Morgan fingerprint density at radius 1 is 1.46 bits per heavy atom. The zero-order chi connectivity index (χ0) is 17.4. The van der Waals surface area contributed by atoms with Crippen LogP contribution < -0.4 is 5.73 Å². The first-order valence-electron chi connectivity index (χ1n) is 7.50. The average molecular weight is 364 g/mol. The van der Waals surface area contributed by atoms with Gasteiger partial charge in [0.15, 0.2) is 0 Å². The summed E-state index contributed by atoms with van der Waals surface area (Å²) in [6.45, 7) is 2.42. The minimum absolute atomic E-state index is 0.0182. The summed E-state index contributed by atoms with van der Waals surface area (Å²) in [7, 11) is 0. The van der Waals surface area contributed by atoms with E-state index in [2.05, 4.69) is 11.1 Å². The number of nitrogens with zero attached hydrogens (tertiary/aromatic N) is 2. The van der Waals surface area contributed by atoms with E-state index in [0.29, 0.717) is 22.9 Å². The lowest BCUT2D eigenvalue weighted by atomic mass is 9.80. The minimum atomic E-state index is -0.595. The number of nitriles is 1. The number of benzene rings is 1. The van der Waals surface area contributed by atoms with E-state index in [1.165, 1.54) is 6.07 Å². The van der Waals surface area contributed by atoms with Crippen molar-refractivity contribution in [3.8, 4) is 11.8 Å². The first-order chi connectivity index (χ1) is 11.5. The molecular formula is C17H15Cl2N3O2. The Labute approximate surface area is 149 Å². The van der Waals surface area contributed by atoms with Gasteiger partial charge in [0, 0.05) is 21.9 Å². The van der Waals surface area contributed by atoms with Crippen molar-refractivity contribution < 1.29 is 9.84 Å². The molecule has 1 aromatic carbocycles. The maximum atomic E-state index is 10.4. The van der Waals surface area contributed by atoms with E-state index in [9.17, 15) is 10.4 Å². The molecule has 7 heteroatoms. The van der Waals surface area contributed by atoms with Crippen molar-refractivity contribution in [1.29, 1.82) is 5.26 Å². The Hall–Kier alpha value is -2.16. The van der Waals surface area contributed by atoms with Gasteiger partial charge in [-0.3, -0.25) is 4.99 Å². The van der Waals surface area contributed by atoms with E-state index in [0.717, 1.165) is 24.1 Å². The lowest BCUT2D eigenvalue weighted by Gasteiger charge is -2.27. The Morgan fingerprint density at radius 3 is 2.88 bits per heavy atom. The summed E-state index contributed by atoms with van der Waals surface area (Å²) in [5.74, 6) is -0.0917. The van der Waals surface area contributed by atoms with Gasteiger partial charge in [-0.1, -0.05) is 36.5 Å². The van der Waals surface area contributed by atoms with Gasteiger partial charge in [-0.15, -0.1) is 0 Å². The summed E-state index contributed by atoms with van der Waals surface area (Å²) in [4.78, 5) is 4.50.